The lowest BCUT2D eigenvalue weighted by Gasteiger charge is -2.19. The minimum atomic E-state index is -0.496. The Morgan fingerprint density at radius 1 is 1.31 bits per heavy atom. The highest BCUT2D eigenvalue weighted by Gasteiger charge is 2.16. The number of pyridine rings is 1. The molecule has 0 bridgehead atoms. The van der Waals surface area contributed by atoms with Gasteiger partial charge in [-0.1, -0.05) is 6.07 Å². The largest absolute Gasteiger partial charge is 0.444 e. The van der Waals surface area contributed by atoms with Gasteiger partial charge in [-0.2, -0.15) is 0 Å². The highest BCUT2D eigenvalue weighted by atomic mass is 16.6. The Kier molecular flexibility index (Phi) is 3.52. The van der Waals surface area contributed by atoms with E-state index in [2.05, 4.69) is 10.3 Å². The number of aryl methyl sites for hydroxylation is 2. The smallest absolute Gasteiger partial charge is 0.413 e. The Hall–Kier alpha value is -1.58. The van der Waals surface area contributed by atoms with E-state index in [1.165, 1.54) is 0 Å². The van der Waals surface area contributed by atoms with Gasteiger partial charge < -0.3 is 4.74 Å². The number of carbonyl (C=O) groups is 1. The second-order valence-electron chi connectivity index (χ2n) is 4.73. The fourth-order valence-corrected chi connectivity index (χ4v) is 1.11. The van der Waals surface area contributed by atoms with Crippen molar-refractivity contribution in [1.82, 2.24) is 4.98 Å². The number of amides is 1. The molecule has 0 spiro atoms. The zero-order valence-electron chi connectivity index (χ0n) is 10.4. The summed E-state index contributed by atoms with van der Waals surface area (Å²) in [5.41, 5.74) is 1.49. The van der Waals surface area contributed by atoms with Crippen molar-refractivity contribution in [3.8, 4) is 0 Å². The number of aromatic nitrogens is 1. The van der Waals surface area contributed by atoms with Gasteiger partial charge in [-0.05, 0) is 46.2 Å². The molecule has 0 aliphatic rings. The minimum absolute atomic E-state index is 0.483. The summed E-state index contributed by atoms with van der Waals surface area (Å²) in [4.78, 5) is 15.7. The van der Waals surface area contributed by atoms with Crippen molar-refractivity contribution in [2.75, 3.05) is 5.32 Å². The van der Waals surface area contributed by atoms with Gasteiger partial charge in [-0.15, -0.1) is 0 Å². The molecule has 0 saturated carbocycles. The molecule has 1 aromatic rings. The normalized spacial score (nSPS) is 11.1. The topological polar surface area (TPSA) is 51.2 Å². The highest BCUT2D eigenvalue weighted by Crippen LogP contribution is 2.12. The molecule has 0 aliphatic carbocycles. The molecule has 4 heteroatoms. The summed E-state index contributed by atoms with van der Waals surface area (Å²) in [5, 5.41) is 2.59. The number of anilines is 1. The molecule has 1 rings (SSSR count). The van der Waals surface area contributed by atoms with E-state index in [4.69, 9.17) is 4.74 Å². The first-order valence-corrected chi connectivity index (χ1v) is 5.22. The van der Waals surface area contributed by atoms with E-state index in [0.29, 0.717) is 5.82 Å². The predicted octanol–water partition coefficient (Wildman–Crippen LogP) is 3.05. The summed E-state index contributed by atoms with van der Waals surface area (Å²) in [6.07, 6.45) is -0.483. The van der Waals surface area contributed by atoms with E-state index in [0.717, 1.165) is 11.3 Å². The molecule has 0 saturated heterocycles. The van der Waals surface area contributed by atoms with E-state index < -0.39 is 11.7 Å². The van der Waals surface area contributed by atoms with Gasteiger partial charge in [0.15, 0.2) is 0 Å². The number of carbonyl (C=O) groups excluding carboxylic acids is 1. The summed E-state index contributed by atoms with van der Waals surface area (Å²) in [6, 6.07) is 3.67. The number of ether oxygens (including phenoxy) is 1. The third kappa shape index (κ3) is 3.88. The molecule has 1 N–H and O–H groups in total. The predicted molar refractivity (Wildman–Crippen MR) is 63.6 cm³/mol. The van der Waals surface area contributed by atoms with E-state index in [9.17, 15) is 4.79 Å². The molecule has 0 atom stereocenters. The van der Waals surface area contributed by atoms with Crippen LogP contribution in [0, 0.1) is 13.8 Å². The van der Waals surface area contributed by atoms with Crippen LogP contribution >= 0.6 is 0 Å². The number of hydrogen-bond acceptors (Lipinski definition) is 3. The van der Waals surface area contributed by atoms with Crippen LogP contribution < -0.4 is 5.32 Å². The lowest BCUT2D eigenvalue weighted by Crippen LogP contribution is -2.27. The Morgan fingerprint density at radius 3 is 2.44 bits per heavy atom. The molecule has 0 aliphatic heterocycles. The van der Waals surface area contributed by atoms with E-state index in [-0.39, 0.29) is 0 Å². The van der Waals surface area contributed by atoms with Crippen LogP contribution in [0.25, 0.3) is 0 Å². The lowest BCUT2D eigenvalue weighted by atomic mass is 10.2. The standard InChI is InChI=1S/C12H18N2O2/c1-8-6-7-10(13-9(8)2)14-11(15)16-12(3,4)5/h6-7H,1-5H3,(H,13,14,15). The number of rotatable bonds is 1. The summed E-state index contributed by atoms with van der Waals surface area (Å²) in [6.45, 7) is 9.33. The summed E-state index contributed by atoms with van der Waals surface area (Å²) in [5.74, 6) is 0.511. The van der Waals surface area contributed by atoms with Crippen LogP contribution in [0.3, 0.4) is 0 Å². The van der Waals surface area contributed by atoms with Gasteiger partial charge in [0.25, 0.3) is 0 Å². The average Bonchev–Trinajstić information content (AvgIpc) is 2.08. The quantitative estimate of drug-likeness (QED) is 0.794. The molecule has 1 amide bonds. The average molecular weight is 222 g/mol. The van der Waals surface area contributed by atoms with E-state index in [1.807, 2.05) is 40.7 Å². The molecule has 1 aromatic heterocycles. The van der Waals surface area contributed by atoms with Gasteiger partial charge >= 0.3 is 6.09 Å². The Labute approximate surface area is 96.0 Å². The summed E-state index contributed by atoms with van der Waals surface area (Å²) >= 11 is 0. The fourth-order valence-electron chi connectivity index (χ4n) is 1.11. The van der Waals surface area contributed by atoms with Gasteiger partial charge in [-0.3, -0.25) is 5.32 Å². The van der Waals surface area contributed by atoms with Crippen molar-refractivity contribution in [2.45, 2.75) is 40.2 Å². The number of nitrogens with one attached hydrogen (secondary N) is 1. The van der Waals surface area contributed by atoms with Crippen LogP contribution in [-0.2, 0) is 4.74 Å². The first-order valence-electron chi connectivity index (χ1n) is 5.22. The number of nitrogens with zero attached hydrogens (tertiary/aromatic N) is 1. The second kappa shape index (κ2) is 4.51. The maximum atomic E-state index is 11.5. The van der Waals surface area contributed by atoms with E-state index >= 15 is 0 Å². The monoisotopic (exact) mass is 222 g/mol. The molecular formula is C12H18N2O2. The molecule has 0 unspecified atom stereocenters. The van der Waals surface area contributed by atoms with Crippen molar-refractivity contribution in [2.24, 2.45) is 0 Å². The fraction of sp³-hybridized carbons (Fsp3) is 0.500. The number of hydrogen-bond donors (Lipinski definition) is 1. The maximum absolute atomic E-state index is 11.5. The van der Waals surface area contributed by atoms with Crippen LogP contribution in [0.2, 0.25) is 0 Å². The molecular weight excluding hydrogens is 204 g/mol. The van der Waals surface area contributed by atoms with E-state index in [1.54, 1.807) is 6.07 Å². The van der Waals surface area contributed by atoms with Crippen LogP contribution in [0.4, 0.5) is 10.6 Å². The Morgan fingerprint density at radius 2 is 1.94 bits per heavy atom. The van der Waals surface area contributed by atoms with Crippen LogP contribution in [-0.4, -0.2) is 16.7 Å². The molecule has 0 aromatic carbocycles. The van der Waals surface area contributed by atoms with Crippen LogP contribution in [0.5, 0.6) is 0 Å². The zero-order valence-corrected chi connectivity index (χ0v) is 10.4. The molecule has 16 heavy (non-hydrogen) atoms. The third-order valence-electron chi connectivity index (χ3n) is 1.98. The minimum Gasteiger partial charge on any atom is -0.444 e. The van der Waals surface area contributed by atoms with Crippen molar-refractivity contribution >= 4 is 11.9 Å². The molecule has 0 fully saturated rings. The molecule has 0 radical (unpaired) electrons. The van der Waals surface area contributed by atoms with Crippen molar-refractivity contribution in [3.05, 3.63) is 23.4 Å². The Balaban J connectivity index is 2.67. The molecule has 4 nitrogen and oxygen atoms in total. The zero-order chi connectivity index (χ0) is 12.3. The van der Waals surface area contributed by atoms with Crippen molar-refractivity contribution in [1.29, 1.82) is 0 Å². The third-order valence-corrected chi connectivity index (χ3v) is 1.98. The van der Waals surface area contributed by atoms with Crippen molar-refractivity contribution < 1.29 is 9.53 Å². The SMILES string of the molecule is Cc1ccc(NC(=O)OC(C)(C)C)nc1C. The Bertz CT molecular complexity index is 394. The second-order valence-corrected chi connectivity index (χ2v) is 4.73. The van der Waals surface area contributed by atoms with Gasteiger partial charge in [0.2, 0.25) is 0 Å². The maximum Gasteiger partial charge on any atom is 0.413 e. The first-order chi connectivity index (χ1) is 7.28. The molecule has 1 heterocycles. The van der Waals surface area contributed by atoms with Gasteiger partial charge in [-0.25, -0.2) is 9.78 Å². The van der Waals surface area contributed by atoms with Gasteiger partial charge in [0.05, 0.1) is 0 Å². The lowest BCUT2D eigenvalue weighted by molar-refractivity contribution is 0.0635. The van der Waals surface area contributed by atoms with Gasteiger partial charge in [0.1, 0.15) is 11.4 Å². The highest BCUT2D eigenvalue weighted by molar-refractivity contribution is 5.83. The van der Waals surface area contributed by atoms with Gasteiger partial charge in [0, 0.05) is 5.69 Å². The summed E-state index contributed by atoms with van der Waals surface area (Å²) < 4.78 is 5.12. The van der Waals surface area contributed by atoms with Crippen LogP contribution in [0.15, 0.2) is 12.1 Å². The molecule has 88 valence electrons. The first kappa shape index (κ1) is 12.5. The summed E-state index contributed by atoms with van der Waals surface area (Å²) in [7, 11) is 0. The van der Waals surface area contributed by atoms with Crippen LogP contribution in [0.1, 0.15) is 32.0 Å². The van der Waals surface area contributed by atoms with Crippen molar-refractivity contribution in [3.63, 3.8) is 0 Å².